The lowest BCUT2D eigenvalue weighted by Gasteiger charge is -2.31. The summed E-state index contributed by atoms with van der Waals surface area (Å²) < 4.78 is 1.46. The molecule has 4 heterocycles. The lowest BCUT2D eigenvalue weighted by molar-refractivity contribution is 0.0711. The monoisotopic (exact) mass is 337 g/mol. The maximum absolute atomic E-state index is 12.5. The van der Waals surface area contributed by atoms with Gasteiger partial charge in [0.05, 0.1) is 11.3 Å². The summed E-state index contributed by atoms with van der Waals surface area (Å²) in [6, 6.07) is 7.02. The molecule has 25 heavy (non-hydrogen) atoms. The molecule has 7 heteroatoms. The van der Waals surface area contributed by atoms with Gasteiger partial charge in [0, 0.05) is 49.2 Å². The maximum atomic E-state index is 12.5. The van der Waals surface area contributed by atoms with Gasteiger partial charge in [-0.2, -0.15) is 0 Å². The number of H-pyrrole nitrogens is 1. The number of likely N-dealkylation sites (tertiary alicyclic amines) is 1. The highest BCUT2D eigenvalue weighted by Crippen LogP contribution is 2.27. The van der Waals surface area contributed by atoms with Crippen LogP contribution in [0.4, 0.5) is 0 Å². The molecule has 0 unspecified atom stereocenters. The van der Waals surface area contributed by atoms with E-state index in [-0.39, 0.29) is 17.4 Å². The molecule has 0 saturated carbocycles. The molecule has 3 aromatic rings. The number of amides is 1. The van der Waals surface area contributed by atoms with Gasteiger partial charge in [0.15, 0.2) is 5.65 Å². The van der Waals surface area contributed by atoms with Gasteiger partial charge in [0.1, 0.15) is 0 Å². The van der Waals surface area contributed by atoms with Crippen molar-refractivity contribution in [2.45, 2.75) is 25.7 Å². The van der Waals surface area contributed by atoms with Gasteiger partial charge in [-0.15, -0.1) is 0 Å². The average molecular weight is 337 g/mol. The van der Waals surface area contributed by atoms with E-state index in [0.29, 0.717) is 24.3 Å². The predicted octanol–water partition coefficient (Wildman–Crippen LogP) is 1.75. The number of aromatic amines is 1. The fourth-order valence-corrected chi connectivity index (χ4v) is 3.39. The van der Waals surface area contributed by atoms with Crippen molar-refractivity contribution in [1.29, 1.82) is 0 Å². The molecular formula is C18H19N5O2. The number of carbonyl (C=O) groups is 1. The number of hydrogen-bond donors (Lipinski definition) is 1. The van der Waals surface area contributed by atoms with Gasteiger partial charge in [0.25, 0.3) is 11.5 Å². The van der Waals surface area contributed by atoms with Crippen LogP contribution in [0.15, 0.2) is 41.5 Å². The van der Waals surface area contributed by atoms with E-state index in [2.05, 4.69) is 15.1 Å². The Hall–Kier alpha value is -2.96. The van der Waals surface area contributed by atoms with Crippen molar-refractivity contribution in [2.24, 2.45) is 0 Å². The van der Waals surface area contributed by atoms with Gasteiger partial charge in [-0.1, -0.05) is 0 Å². The van der Waals surface area contributed by atoms with Gasteiger partial charge < -0.3 is 4.90 Å². The van der Waals surface area contributed by atoms with Gasteiger partial charge in [-0.3, -0.25) is 19.7 Å². The Kier molecular flexibility index (Phi) is 3.83. The molecule has 1 fully saturated rings. The molecule has 1 saturated heterocycles. The summed E-state index contributed by atoms with van der Waals surface area (Å²) in [6.07, 6.45) is 4.86. The molecule has 3 aromatic heterocycles. The standard InChI is InChI=1S/C18H19N5O2/c1-12-9-16-20-15(10-17(24)23(16)21-12)13-4-7-22(8-5-13)18(25)14-3-2-6-19-11-14/h2-3,6,9-11,13,21H,4-5,7-8H2,1H3. The van der Waals surface area contributed by atoms with Crippen LogP contribution in [0.25, 0.3) is 5.65 Å². The van der Waals surface area contributed by atoms with Crippen molar-refractivity contribution in [2.75, 3.05) is 13.1 Å². The van der Waals surface area contributed by atoms with Crippen molar-refractivity contribution in [3.05, 3.63) is 64.0 Å². The molecule has 0 atom stereocenters. The van der Waals surface area contributed by atoms with Crippen LogP contribution in [-0.4, -0.2) is 43.5 Å². The second-order valence-electron chi connectivity index (χ2n) is 6.46. The number of carbonyl (C=O) groups excluding carboxylic acids is 1. The van der Waals surface area contributed by atoms with Crippen molar-refractivity contribution in [1.82, 2.24) is 24.5 Å². The third-order valence-corrected chi connectivity index (χ3v) is 4.71. The van der Waals surface area contributed by atoms with Crippen molar-refractivity contribution < 1.29 is 4.79 Å². The minimum Gasteiger partial charge on any atom is -0.339 e. The molecule has 7 nitrogen and oxygen atoms in total. The molecule has 1 amide bonds. The summed E-state index contributed by atoms with van der Waals surface area (Å²) in [4.78, 5) is 35.2. The van der Waals surface area contributed by atoms with E-state index in [9.17, 15) is 9.59 Å². The number of fused-ring (bicyclic) bond motifs is 1. The largest absolute Gasteiger partial charge is 0.339 e. The summed E-state index contributed by atoms with van der Waals surface area (Å²) in [6.45, 7) is 3.22. The lowest BCUT2D eigenvalue weighted by atomic mass is 9.93. The molecule has 1 N–H and O–H groups in total. The molecule has 0 aliphatic carbocycles. The van der Waals surface area contributed by atoms with E-state index in [0.717, 1.165) is 24.2 Å². The van der Waals surface area contributed by atoms with Crippen LogP contribution < -0.4 is 5.56 Å². The lowest BCUT2D eigenvalue weighted by Crippen LogP contribution is -2.38. The fourth-order valence-electron chi connectivity index (χ4n) is 3.39. The maximum Gasteiger partial charge on any atom is 0.272 e. The number of pyridine rings is 1. The van der Waals surface area contributed by atoms with Crippen molar-refractivity contribution in [3.63, 3.8) is 0 Å². The Labute approximate surface area is 144 Å². The highest BCUT2D eigenvalue weighted by molar-refractivity contribution is 5.93. The molecular weight excluding hydrogens is 318 g/mol. The summed E-state index contributed by atoms with van der Waals surface area (Å²) in [5, 5.41) is 2.98. The fraction of sp³-hybridized carbons (Fsp3) is 0.333. The zero-order chi connectivity index (χ0) is 17.4. The van der Waals surface area contributed by atoms with Crippen LogP contribution in [0.1, 0.15) is 40.5 Å². The highest BCUT2D eigenvalue weighted by Gasteiger charge is 2.26. The molecule has 128 valence electrons. The van der Waals surface area contributed by atoms with Crippen LogP contribution >= 0.6 is 0 Å². The number of nitrogens with one attached hydrogen (secondary N) is 1. The Morgan fingerprint density at radius 1 is 1.28 bits per heavy atom. The molecule has 1 aliphatic heterocycles. The first kappa shape index (κ1) is 15.6. The highest BCUT2D eigenvalue weighted by atomic mass is 16.2. The van der Waals surface area contributed by atoms with E-state index >= 15 is 0 Å². The van der Waals surface area contributed by atoms with E-state index in [1.54, 1.807) is 30.6 Å². The molecule has 1 aliphatic rings. The average Bonchev–Trinajstić information content (AvgIpc) is 3.03. The number of hydrogen-bond acceptors (Lipinski definition) is 4. The van der Waals surface area contributed by atoms with Crippen molar-refractivity contribution >= 4 is 11.6 Å². The molecule has 0 aromatic carbocycles. The quantitative estimate of drug-likeness (QED) is 0.772. The number of piperidine rings is 1. The van der Waals surface area contributed by atoms with Crippen LogP contribution in [0.2, 0.25) is 0 Å². The van der Waals surface area contributed by atoms with Crippen LogP contribution in [0.5, 0.6) is 0 Å². The molecule has 4 rings (SSSR count). The predicted molar refractivity (Wildman–Crippen MR) is 92.7 cm³/mol. The normalized spacial score (nSPS) is 15.6. The number of nitrogens with zero attached hydrogens (tertiary/aromatic N) is 4. The van der Waals surface area contributed by atoms with Crippen LogP contribution in [-0.2, 0) is 0 Å². The summed E-state index contributed by atoms with van der Waals surface area (Å²) in [5.74, 6) is 0.210. The van der Waals surface area contributed by atoms with Gasteiger partial charge in [-0.25, -0.2) is 9.50 Å². The summed E-state index contributed by atoms with van der Waals surface area (Å²) >= 11 is 0. The number of rotatable bonds is 2. The van der Waals surface area contributed by atoms with Crippen molar-refractivity contribution in [3.8, 4) is 0 Å². The Morgan fingerprint density at radius 2 is 2.08 bits per heavy atom. The van der Waals surface area contributed by atoms with E-state index in [1.807, 2.05) is 17.9 Å². The van der Waals surface area contributed by atoms with Gasteiger partial charge in [-0.05, 0) is 31.9 Å². The van der Waals surface area contributed by atoms with Crippen LogP contribution in [0, 0.1) is 6.92 Å². The molecule has 0 bridgehead atoms. The van der Waals surface area contributed by atoms with Gasteiger partial charge in [0.2, 0.25) is 0 Å². The van der Waals surface area contributed by atoms with Crippen LogP contribution in [0.3, 0.4) is 0 Å². The Balaban J connectivity index is 1.50. The number of aromatic nitrogens is 4. The SMILES string of the molecule is Cc1cc2nc(C3CCN(C(=O)c4cccnc4)CC3)cc(=O)n2[nH]1. The summed E-state index contributed by atoms with van der Waals surface area (Å²) in [7, 11) is 0. The second kappa shape index (κ2) is 6.16. The molecule has 0 radical (unpaired) electrons. The minimum atomic E-state index is -0.0954. The van der Waals surface area contributed by atoms with E-state index < -0.39 is 0 Å². The summed E-state index contributed by atoms with van der Waals surface area (Å²) in [5.41, 5.74) is 2.88. The zero-order valence-corrected chi connectivity index (χ0v) is 14.0. The first-order chi connectivity index (χ1) is 12.1. The van der Waals surface area contributed by atoms with Gasteiger partial charge >= 0.3 is 0 Å². The Bertz CT molecular complexity index is 968. The third kappa shape index (κ3) is 2.93. The Morgan fingerprint density at radius 3 is 2.80 bits per heavy atom. The van der Waals surface area contributed by atoms with E-state index in [4.69, 9.17) is 0 Å². The first-order valence-corrected chi connectivity index (χ1v) is 8.40. The third-order valence-electron chi connectivity index (χ3n) is 4.71. The van der Waals surface area contributed by atoms with E-state index in [1.165, 1.54) is 4.52 Å². The molecule has 0 spiro atoms. The first-order valence-electron chi connectivity index (χ1n) is 8.40. The number of aryl methyl sites for hydroxylation is 1. The topological polar surface area (TPSA) is 83.4 Å². The minimum absolute atomic E-state index is 0.0105. The zero-order valence-electron chi connectivity index (χ0n) is 14.0. The second-order valence-corrected chi connectivity index (χ2v) is 6.46. The smallest absolute Gasteiger partial charge is 0.272 e.